The molecular formula is C14H16N2O2. The Labute approximate surface area is 106 Å². The lowest BCUT2D eigenvalue weighted by atomic mass is 10.1. The molecule has 2 aromatic rings. The second-order valence-electron chi connectivity index (χ2n) is 4.51. The smallest absolute Gasteiger partial charge is 0.256 e. The van der Waals surface area contributed by atoms with E-state index in [0.717, 1.165) is 36.0 Å². The number of nitrogens with one attached hydrogen (secondary N) is 1. The van der Waals surface area contributed by atoms with Crippen LogP contribution in [0, 0.1) is 0 Å². The van der Waals surface area contributed by atoms with E-state index in [-0.39, 0.29) is 5.91 Å². The fourth-order valence-electron chi connectivity index (χ4n) is 2.38. The third-order valence-corrected chi connectivity index (χ3v) is 3.33. The number of ether oxygens (including phenoxy) is 1. The minimum absolute atomic E-state index is 0.0913. The summed E-state index contributed by atoms with van der Waals surface area (Å²) >= 11 is 0. The summed E-state index contributed by atoms with van der Waals surface area (Å²) < 4.78 is 5.38. The number of hydrogen-bond donors (Lipinski definition) is 1. The molecule has 4 heteroatoms. The molecule has 0 atom stereocenters. The van der Waals surface area contributed by atoms with Crippen LogP contribution in [0.3, 0.4) is 0 Å². The van der Waals surface area contributed by atoms with E-state index >= 15 is 0 Å². The zero-order valence-corrected chi connectivity index (χ0v) is 10.2. The number of nitrogens with zero attached hydrogens (tertiary/aromatic N) is 1. The average molecular weight is 244 g/mol. The largest absolute Gasteiger partial charge is 0.380 e. The Morgan fingerprint density at radius 3 is 3.11 bits per heavy atom. The van der Waals surface area contributed by atoms with Crippen LogP contribution in [0.1, 0.15) is 16.8 Å². The van der Waals surface area contributed by atoms with Gasteiger partial charge in [-0.05, 0) is 18.6 Å². The molecule has 2 heterocycles. The topological polar surface area (TPSA) is 45.3 Å². The Hall–Kier alpha value is -1.81. The summed E-state index contributed by atoms with van der Waals surface area (Å²) in [5, 5.41) is 1.08. The monoisotopic (exact) mass is 244 g/mol. The van der Waals surface area contributed by atoms with E-state index in [4.69, 9.17) is 4.74 Å². The minimum atomic E-state index is 0.0913. The van der Waals surface area contributed by atoms with E-state index in [2.05, 4.69) is 4.98 Å². The maximum Gasteiger partial charge on any atom is 0.256 e. The summed E-state index contributed by atoms with van der Waals surface area (Å²) in [7, 11) is 0. The number of rotatable bonds is 1. The van der Waals surface area contributed by atoms with Crippen molar-refractivity contribution in [2.75, 3.05) is 26.3 Å². The van der Waals surface area contributed by atoms with Crippen LogP contribution in [-0.4, -0.2) is 42.1 Å². The highest BCUT2D eigenvalue weighted by Gasteiger charge is 2.19. The summed E-state index contributed by atoms with van der Waals surface area (Å²) in [5.41, 5.74) is 1.67. The van der Waals surface area contributed by atoms with E-state index in [1.807, 2.05) is 35.4 Å². The van der Waals surface area contributed by atoms with Crippen molar-refractivity contribution in [3.05, 3.63) is 36.0 Å². The van der Waals surface area contributed by atoms with Crippen LogP contribution >= 0.6 is 0 Å². The van der Waals surface area contributed by atoms with Crippen LogP contribution in [0.2, 0.25) is 0 Å². The highest BCUT2D eigenvalue weighted by atomic mass is 16.5. The molecule has 0 unspecified atom stereocenters. The zero-order chi connectivity index (χ0) is 12.4. The second-order valence-corrected chi connectivity index (χ2v) is 4.51. The lowest BCUT2D eigenvalue weighted by Gasteiger charge is -2.19. The molecule has 4 nitrogen and oxygen atoms in total. The maximum atomic E-state index is 12.5. The number of fused-ring (bicyclic) bond motifs is 1. The highest BCUT2D eigenvalue weighted by Crippen LogP contribution is 2.19. The number of aromatic amines is 1. The molecular weight excluding hydrogens is 228 g/mol. The number of benzene rings is 1. The third kappa shape index (κ3) is 1.99. The van der Waals surface area contributed by atoms with Gasteiger partial charge in [-0.25, -0.2) is 0 Å². The normalized spacial score (nSPS) is 16.8. The Bertz CT molecular complexity index is 554. The van der Waals surface area contributed by atoms with Gasteiger partial charge in [-0.1, -0.05) is 12.1 Å². The van der Waals surface area contributed by atoms with Gasteiger partial charge >= 0.3 is 0 Å². The quantitative estimate of drug-likeness (QED) is 0.834. The molecule has 0 spiro atoms. The van der Waals surface area contributed by atoms with Crippen LogP contribution in [0.4, 0.5) is 0 Å². The van der Waals surface area contributed by atoms with E-state index in [0.29, 0.717) is 13.2 Å². The molecule has 0 saturated carbocycles. The Morgan fingerprint density at radius 2 is 2.17 bits per heavy atom. The molecule has 1 N–H and O–H groups in total. The van der Waals surface area contributed by atoms with Crippen molar-refractivity contribution in [2.24, 2.45) is 0 Å². The molecule has 0 bridgehead atoms. The van der Waals surface area contributed by atoms with Gasteiger partial charge in [0.15, 0.2) is 0 Å². The summed E-state index contributed by atoms with van der Waals surface area (Å²) in [6, 6.07) is 7.80. The summed E-state index contributed by atoms with van der Waals surface area (Å²) in [6.07, 6.45) is 2.78. The molecule has 1 aliphatic rings. The van der Waals surface area contributed by atoms with Crippen molar-refractivity contribution < 1.29 is 9.53 Å². The van der Waals surface area contributed by atoms with Crippen LogP contribution in [0.25, 0.3) is 10.9 Å². The first kappa shape index (κ1) is 11.3. The number of amides is 1. The van der Waals surface area contributed by atoms with E-state index < -0.39 is 0 Å². The van der Waals surface area contributed by atoms with E-state index in [1.54, 1.807) is 0 Å². The lowest BCUT2D eigenvalue weighted by Crippen LogP contribution is -2.33. The number of H-pyrrole nitrogens is 1. The van der Waals surface area contributed by atoms with Crippen molar-refractivity contribution in [1.29, 1.82) is 0 Å². The molecule has 3 rings (SSSR count). The highest BCUT2D eigenvalue weighted by molar-refractivity contribution is 6.05. The molecule has 1 aliphatic heterocycles. The summed E-state index contributed by atoms with van der Waals surface area (Å²) in [5.74, 6) is 0.0913. The number of aromatic nitrogens is 1. The molecule has 1 aromatic carbocycles. The van der Waals surface area contributed by atoms with Crippen molar-refractivity contribution in [2.45, 2.75) is 6.42 Å². The molecule has 1 amide bonds. The number of carbonyl (C=O) groups is 1. The van der Waals surface area contributed by atoms with E-state index in [9.17, 15) is 4.79 Å². The van der Waals surface area contributed by atoms with Gasteiger partial charge in [-0.2, -0.15) is 0 Å². The molecule has 0 radical (unpaired) electrons. The van der Waals surface area contributed by atoms with Crippen molar-refractivity contribution in [1.82, 2.24) is 9.88 Å². The summed E-state index contributed by atoms with van der Waals surface area (Å²) in [6.45, 7) is 2.83. The van der Waals surface area contributed by atoms with Gasteiger partial charge in [-0.15, -0.1) is 0 Å². The Morgan fingerprint density at radius 1 is 1.22 bits per heavy atom. The van der Waals surface area contributed by atoms with Gasteiger partial charge in [0.25, 0.3) is 5.91 Å². The average Bonchev–Trinajstić information content (AvgIpc) is 2.71. The number of carbonyl (C=O) groups excluding carboxylic acids is 1. The van der Waals surface area contributed by atoms with Gasteiger partial charge in [0.05, 0.1) is 17.7 Å². The molecule has 18 heavy (non-hydrogen) atoms. The van der Waals surface area contributed by atoms with Gasteiger partial charge in [0.2, 0.25) is 0 Å². The van der Waals surface area contributed by atoms with Gasteiger partial charge in [0, 0.05) is 31.3 Å². The molecule has 1 aromatic heterocycles. The second kappa shape index (κ2) is 4.82. The molecule has 1 fully saturated rings. The first-order valence-corrected chi connectivity index (χ1v) is 6.29. The zero-order valence-electron chi connectivity index (χ0n) is 10.2. The number of hydrogen-bond acceptors (Lipinski definition) is 2. The predicted octanol–water partition coefficient (Wildman–Crippen LogP) is 2.03. The maximum absolute atomic E-state index is 12.5. The molecule has 0 aliphatic carbocycles. The van der Waals surface area contributed by atoms with Crippen molar-refractivity contribution in [3.63, 3.8) is 0 Å². The van der Waals surface area contributed by atoms with Crippen LogP contribution < -0.4 is 0 Å². The van der Waals surface area contributed by atoms with Gasteiger partial charge in [0.1, 0.15) is 0 Å². The van der Waals surface area contributed by atoms with Crippen molar-refractivity contribution >= 4 is 16.8 Å². The standard InChI is InChI=1S/C14H16N2O2/c17-14(16-7-2-9-18-10-8-16)12-4-1-3-11-5-6-15-13(11)12/h1,3-6,15H,2,7-10H2. The summed E-state index contributed by atoms with van der Waals surface area (Å²) in [4.78, 5) is 17.5. The first-order valence-electron chi connectivity index (χ1n) is 6.29. The Balaban J connectivity index is 1.93. The molecule has 1 saturated heterocycles. The lowest BCUT2D eigenvalue weighted by molar-refractivity contribution is 0.0743. The fraction of sp³-hybridized carbons (Fsp3) is 0.357. The van der Waals surface area contributed by atoms with Crippen LogP contribution in [-0.2, 0) is 4.74 Å². The van der Waals surface area contributed by atoms with Gasteiger partial charge < -0.3 is 14.6 Å². The SMILES string of the molecule is O=C(c1cccc2cc[nH]c12)N1CCCOCC1. The fourth-order valence-corrected chi connectivity index (χ4v) is 2.38. The van der Waals surface area contributed by atoms with E-state index in [1.165, 1.54) is 0 Å². The molecule has 94 valence electrons. The van der Waals surface area contributed by atoms with Gasteiger partial charge in [-0.3, -0.25) is 4.79 Å². The van der Waals surface area contributed by atoms with Crippen LogP contribution in [0.5, 0.6) is 0 Å². The minimum Gasteiger partial charge on any atom is -0.380 e. The first-order chi connectivity index (χ1) is 8.86. The number of para-hydroxylation sites is 1. The van der Waals surface area contributed by atoms with Crippen molar-refractivity contribution in [3.8, 4) is 0 Å². The third-order valence-electron chi connectivity index (χ3n) is 3.33. The Kier molecular flexibility index (Phi) is 3.02. The van der Waals surface area contributed by atoms with Crippen LogP contribution in [0.15, 0.2) is 30.5 Å². The predicted molar refractivity (Wildman–Crippen MR) is 69.6 cm³/mol.